The van der Waals surface area contributed by atoms with Crippen LogP contribution in [0.4, 0.5) is 0 Å². The smallest absolute Gasteiger partial charge is 0.306 e. The molecule has 6 nitrogen and oxygen atoms in total. The molecule has 0 heterocycles. The number of esters is 3. The Bertz CT molecular complexity index is 1090. The van der Waals surface area contributed by atoms with Gasteiger partial charge in [-0.2, -0.15) is 0 Å². The van der Waals surface area contributed by atoms with Crippen LogP contribution < -0.4 is 0 Å². The fraction of sp³-hybridized carbons (Fsp3) is 0.955. The molecule has 0 saturated carbocycles. The molecular weight excluding hydrogens is 901 g/mol. The van der Waals surface area contributed by atoms with Crippen molar-refractivity contribution in [1.29, 1.82) is 0 Å². The first kappa shape index (κ1) is 71.4. The van der Waals surface area contributed by atoms with E-state index < -0.39 is 6.10 Å². The van der Waals surface area contributed by atoms with Crippen molar-refractivity contribution >= 4 is 17.9 Å². The molecule has 0 amide bonds. The number of carbonyl (C=O) groups is 3. The molecule has 0 aliphatic carbocycles. The monoisotopic (exact) mass is 1030 g/mol. The van der Waals surface area contributed by atoms with Crippen molar-refractivity contribution in [2.75, 3.05) is 13.2 Å². The Morgan fingerprint density at radius 3 is 0.548 bits per heavy atom. The molecule has 0 bridgehead atoms. The molecule has 0 N–H and O–H groups in total. The van der Waals surface area contributed by atoms with Gasteiger partial charge in [-0.3, -0.25) is 14.4 Å². The van der Waals surface area contributed by atoms with Crippen LogP contribution in [0, 0.1) is 0 Å². The lowest BCUT2D eigenvalue weighted by atomic mass is 10.0. The van der Waals surface area contributed by atoms with Gasteiger partial charge in [-0.15, -0.1) is 0 Å². The quantitative estimate of drug-likeness (QED) is 0.0343. The van der Waals surface area contributed by atoms with E-state index in [1.165, 1.54) is 295 Å². The molecule has 1 atom stereocenters. The predicted octanol–water partition coefficient (Wildman–Crippen LogP) is 22.7. The first-order valence-electron chi connectivity index (χ1n) is 33.5. The topological polar surface area (TPSA) is 78.9 Å². The number of carbonyl (C=O) groups excluding carboxylic acids is 3. The van der Waals surface area contributed by atoms with Gasteiger partial charge in [-0.1, -0.05) is 355 Å². The average molecular weight is 1030 g/mol. The number of unbranched alkanes of at least 4 members (excludes halogenated alkanes) is 52. The van der Waals surface area contributed by atoms with E-state index in [9.17, 15) is 14.4 Å². The van der Waals surface area contributed by atoms with Crippen molar-refractivity contribution in [2.24, 2.45) is 0 Å². The normalized spacial score (nSPS) is 11.9. The van der Waals surface area contributed by atoms with Crippen LogP contribution >= 0.6 is 0 Å². The van der Waals surface area contributed by atoms with Crippen LogP contribution in [0.2, 0.25) is 0 Å². The van der Waals surface area contributed by atoms with E-state index in [-0.39, 0.29) is 31.1 Å². The second-order valence-corrected chi connectivity index (χ2v) is 23.1. The second-order valence-electron chi connectivity index (χ2n) is 23.1. The molecule has 73 heavy (non-hydrogen) atoms. The first-order chi connectivity index (χ1) is 36.0. The fourth-order valence-corrected chi connectivity index (χ4v) is 10.6. The van der Waals surface area contributed by atoms with Crippen LogP contribution in [-0.4, -0.2) is 37.2 Å². The van der Waals surface area contributed by atoms with Crippen molar-refractivity contribution < 1.29 is 28.6 Å². The van der Waals surface area contributed by atoms with E-state index in [1.807, 2.05) is 0 Å². The minimum atomic E-state index is -0.760. The molecule has 6 heteroatoms. The zero-order chi connectivity index (χ0) is 52.9. The molecule has 0 aliphatic rings. The standard InChI is InChI=1S/C67H130O6/c1-4-7-10-13-16-18-20-22-24-26-27-28-29-30-31-32-33-34-35-36-37-38-39-40-41-42-44-45-47-49-51-54-57-60-66(69)72-63-64(62-71-65(68)59-56-53-15-12-9-6-3)73-67(70)61-58-55-52-50-48-46-43-25-23-21-19-17-14-11-8-5-2/h64H,4-63H2,1-3H3. The highest BCUT2D eigenvalue weighted by Gasteiger charge is 2.19. The number of ether oxygens (including phenoxy) is 3. The van der Waals surface area contributed by atoms with Gasteiger partial charge >= 0.3 is 17.9 Å². The van der Waals surface area contributed by atoms with Gasteiger partial charge in [-0.25, -0.2) is 0 Å². The van der Waals surface area contributed by atoms with Crippen molar-refractivity contribution in [3.05, 3.63) is 0 Å². The maximum atomic E-state index is 12.8. The van der Waals surface area contributed by atoms with Crippen LogP contribution in [-0.2, 0) is 28.6 Å². The summed E-state index contributed by atoms with van der Waals surface area (Å²) in [6.45, 7) is 6.66. The van der Waals surface area contributed by atoms with Gasteiger partial charge in [0.25, 0.3) is 0 Å². The SMILES string of the molecule is CCCCCCCCCCCCCCCCCCCCCCCCCCCCCCCCCCCC(=O)OCC(COC(=O)CCCCCCCC)OC(=O)CCCCCCCCCCCCCCCCCC. The number of hydrogen-bond acceptors (Lipinski definition) is 6. The Hall–Kier alpha value is -1.59. The minimum absolute atomic E-state index is 0.0620. The molecule has 0 rings (SSSR count). The van der Waals surface area contributed by atoms with Crippen LogP contribution in [0.3, 0.4) is 0 Å². The Balaban J connectivity index is 3.87. The van der Waals surface area contributed by atoms with Crippen molar-refractivity contribution in [3.8, 4) is 0 Å². The maximum Gasteiger partial charge on any atom is 0.306 e. The van der Waals surface area contributed by atoms with Gasteiger partial charge in [0.2, 0.25) is 0 Å². The van der Waals surface area contributed by atoms with Crippen molar-refractivity contribution in [3.63, 3.8) is 0 Å². The number of rotatable bonds is 63. The van der Waals surface area contributed by atoms with Gasteiger partial charge in [0.15, 0.2) is 6.10 Å². The summed E-state index contributed by atoms with van der Waals surface area (Å²) in [6, 6.07) is 0. The Morgan fingerprint density at radius 1 is 0.219 bits per heavy atom. The predicted molar refractivity (Wildman–Crippen MR) is 317 cm³/mol. The minimum Gasteiger partial charge on any atom is -0.462 e. The Labute approximate surface area is 457 Å². The third-order valence-corrected chi connectivity index (χ3v) is 15.6. The fourth-order valence-electron chi connectivity index (χ4n) is 10.6. The lowest BCUT2D eigenvalue weighted by Crippen LogP contribution is -2.30. The summed E-state index contributed by atoms with van der Waals surface area (Å²) in [5.74, 6) is -0.843. The third-order valence-electron chi connectivity index (χ3n) is 15.6. The lowest BCUT2D eigenvalue weighted by Gasteiger charge is -2.18. The first-order valence-corrected chi connectivity index (χ1v) is 33.5. The molecular formula is C67H130O6. The van der Waals surface area contributed by atoms with E-state index in [0.29, 0.717) is 19.3 Å². The highest BCUT2D eigenvalue weighted by Crippen LogP contribution is 2.19. The summed E-state index contributed by atoms with van der Waals surface area (Å²) >= 11 is 0. The summed E-state index contributed by atoms with van der Waals surface area (Å²) in [4.78, 5) is 38.0. The molecule has 0 fully saturated rings. The Kier molecular flexibility index (Phi) is 61.6. The van der Waals surface area contributed by atoms with Gasteiger partial charge in [0, 0.05) is 19.3 Å². The largest absolute Gasteiger partial charge is 0.462 e. The second kappa shape index (κ2) is 62.9. The van der Waals surface area contributed by atoms with Crippen LogP contribution in [0.5, 0.6) is 0 Å². The molecule has 0 aromatic heterocycles. The van der Waals surface area contributed by atoms with Crippen molar-refractivity contribution in [1.82, 2.24) is 0 Å². The van der Waals surface area contributed by atoms with Gasteiger partial charge in [0.05, 0.1) is 0 Å². The van der Waals surface area contributed by atoms with Crippen LogP contribution in [0.1, 0.15) is 393 Å². The van der Waals surface area contributed by atoms with Gasteiger partial charge in [0.1, 0.15) is 13.2 Å². The molecule has 1 unspecified atom stereocenters. The van der Waals surface area contributed by atoms with Gasteiger partial charge in [-0.05, 0) is 19.3 Å². The van der Waals surface area contributed by atoms with Crippen LogP contribution in [0.25, 0.3) is 0 Å². The highest BCUT2D eigenvalue weighted by molar-refractivity contribution is 5.71. The van der Waals surface area contributed by atoms with Gasteiger partial charge < -0.3 is 14.2 Å². The molecule has 0 aliphatic heterocycles. The zero-order valence-corrected chi connectivity index (χ0v) is 50.0. The maximum absolute atomic E-state index is 12.8. The molecule has 0 radical (unpaired) electrons. The number of hydrogen-bond donors (Lipinski definition) is 0. The molecule has 0 saturated heterocycles. The third kappa shape index (κ3) is 61.1. The van der Waals surface area contributed by atoms with Crippen LogP contribution in [0.15, 0.2) is 0 Å². The van der Waals surface area contributed by atoms with Crippen molar-refractivity contribution in [2.45, 2.75) is 399 Å². The van der Waals surface area contributed by atoms with E-state index >= 15 is 0 Å². The molecule has 0 spiro atoms. The lowest BCUT2D eigenvalue weighted by molar-refractivity contribution is -0.167. The molecule has 0 aromatic rings. The highest BCUT2D eigenvalue weighted by atomic mass is 16.6. The molecule has 0 aromatic carbocycles. The van der Waals surface area contributed by atoms with E-state index in [4.69, 9.17) is 14.2 Å². The van der Waals surface area contributed by atoms with E-state index in [1.54, 1.807) is 0 Å². The zero-order valence-electron chi connectivity index (χ0n) is 50.0. The summed E-state index contributed by atoms with van der Waals surface area (Å²) < 4.78 is 16.8. The summed E-state index contributed by atoms with van der Waals surface area (Å²) in [6.07, 6.45) is 73.3. The summed E-state index contributed by atoms with van der Waals surface area (Å²) in [7, 11) is 0. The summed E-state index contributed by atoms with van der Waals surface area (Å²) in [5, 5.41) is 0. The molecule has 434 valence electrons. The Morgan fingerprint density at radius 2 is 0.370 bits per heavy atom. The average Bonchev–Trinajstić information content (AvgIpc) is 3.39. The van der Waals surface area contributed by atoms with E-state index in [0.717, 1.165) is 57.8 Å². The van der Waals surface area contributed by atoms with E-state index in [2.05, 4.69) is 20.8 Å². The summed E-state index contributed by atoms with van der Waals surface area (Å²) in [5.41, 5.74) is 0.